The molecule has 1 aromatic carbocycles. The molecule has 0 saturated carbocycles. The van der Waals surface area contributed by atoms with Crippen LogP contribution in [0.25, 0.3) is 22.2 Å². The summed E-state index contributed by atoms with van der Waals surface area (Å²) in [6.07, 6.45) is 2.66. The number of carbonyl (C=O) groups excluding carboxylic acids is 1. The van der Waals surface area contributed by atoms with Crippen molar-refractivity contribution >= 4 is 34.3 Å². The van der Waals surface area contributed by atoms with Crippen molar-refractivity contribution in [2.75, 3.05) is 29.9 Å². The molecule has 1 atom stereocenters. The molecule has 3 N–H and O–H groups in total. The highest BCUT2D eigenvalue weighted by molar-refractivity contribution is 5.95. The van der Waals surface area contributed by atoms with Crippen molar-refractivity contribution in [1.29, 1.82) is 0 Å². The molecule has 1 aliphatic heterocycles. The van der Waals surface area contributed by atoms with Gasteiger partial charge in [0.05, 0.1) is 35.9 Å². The van der Waals surface area contributed by atoms with E-state index in [-0.39, 0.29) is 5.91 Å². The highest BCUT2D eigenvalue weighted by Crippen LogP contribution is 2.29. The first-order valence-corrected chi connectivity index (χ1v) is 10.7. The Morgan fingerprint density at radius 2 is 1.94 bits per heavy atom. The molecule has 4 aromatic rings. The maximum atomic E-state index is 12.1. The van der Waals surface area contributed by atoms with E-state index in [1.54, 1.807) is 36.4 Å². The van der Waals surface area contributed by atoms with Gasteiger partial charge in [-0.25, -0.2) is 19.9 Å². The molecule has 1 fully saturated rings. The minimum Gasteiger partial charge on any atom is -0.387 e. The highest BCUT2D eigenvalue weighted by Gasteiger charge is 2.19. The van der Waals surface area contributed by atoms with Crippen LogP contribution < -0.4 is 15.5 Å². The molecule has 9 nitrogen and oxygen atoms in total. The second-order valence-electron chi connectivity index (χ2n) is 7.82. The van der Waals surface area contributed by atoms with Gasteiger partial charge in [-0.2, -0.15) is 0 Å². The Bertz CT molecular complexity index is 1290. The van der Waals surface area contributed by atoms with E-state index in [0.717, 1.165) is 23.2 Å². The standard InChI is InChI=1S/C24H23N7O2/c1-15(32)19-11-17-12-27-24(30-23(17)22(28-19)16-5-3-2-4-6-16)29-20-8-7-18(13-26-20)31-10-9-25-14-21(31)33/h2-8,11-13,15,25,32H,9-10,14H2,1H3,(H,26,27,29,30). The van der Waals surface area contributed by atoms with Crippen molar-refractivity contribution in [3.8, 4) is 11.3 Å². The molecular weight excluding hydrogens is 418 g/mol. The predicted octanol–water partition coefficient (Wildman–Crippen LogP) is 2.82. The number of piperazine rings is 1. The average molecular weight is 441 g/mol. The second-order valence-corrected chi connectivity index (χ2v) is 7.82. The van der Waals surface area contributed by atoms with Gasteiger partial charge in [0.15, 0.2) is 0 Å². The molecule has 0 spiro atoms. The molecule has 0 aliphatic carbocycles. The number of nitrogens with zero attached hydrogens (tertiary/aromatic N) is 5. The Morgan fingerprint density at radius 3 is 2.67 bits per heavy atom. The van der Waals surface area contributed by atoms with Crippen molar-refractivity contribution in [2.24, 2.45) is 0 Å². The van der Waals surface area contributed by atoms with E-state index >= 15 is 0 Å². The average Bonchev–Trinajstić information content (AvgIpc) is 2.85. The Hall–Kier alpha value is -3.95. The number of nitrogens with one attached hydrogen (secondary N) is 2. The van der Waals surface area contributed by atoms with Crippen LogP contribution in [0.5, 0.6) is 0 Å². The highest BCUT2D eigenvalue weighted by atomic mass is 16.3. The molecule has 1 saturated heterocycles. The lowest BCUT2D eigenvalue weighted by atomic mass is 10.1. The van der Waals surface area contributed by atoms with Crippen molar-refractivity contribution in [3.05, 3.63) is 66.6 Å². The first-order chi connectivity index (χ1) is 16.1. The van der Waals surface area contributed by atoms with Crippen LogP contribution in [0.3, 0.4) is 0 Å². The number of anilines is 3. The first kappa shape index (κ1) is 20.9. The molecule has 3 aromatic heterocycles. The van der Waals surface area contributed by atoms with E-state index in [0.29, 0.717) is 41.8 Å². The van der Waals surface area contributed by atoms with Crippen LogP contribution in [0.1, 0.15) is 18.7 Å². The molecule has 4 heterocycles. The smallest absolute Gasteiger partial charge is 0.241 e. The molecule has 0 radical (unpaired) electrons. The van der Waals surface area contributed by atoms with E-state index in [9.17, 15) is 9.90 Å². The van der Waals surface area contributed by atoms with Gasteiger partial charge < -0.3 is 20.6 Å². The number of benzene rings is 1. The molecule has 33 heavy (non-hydrogen) atoms. The van der Waals surface area contributed by atoms with E-state index in [1.165, 1.54) is 0 Å². The second kappa shape index (κ2) is 8.89. The molecule has 1 aliphatic rings. The van der Waals surface area contributed by atoms with Gasteiger partial charge in [0.25, 0.3) is 0 Å². The molecule has 166 valence electrons. The summed E-state index contributed by atoms with van der Waals surface area (Å²) in [5.41, 5.74) is 3.57. The first-order valence-electron chi connectivity index (χ1n) is 10.7. The Labute approximate surface area is 190 Å². The number of carbonyl (C=O) groups is 1. The minimum atomic E-state index is -0.708. The third-order valence-electron chi connectivity index (χ3n) is 5.45. The van der Waals surface area contributed by atoms with Gasteiger partial charge in [0.1, 0.15) is 11.3 Å². The topological polar surface area (TPSA) is 116 Å². The number of hydrogen-bond acceptors (Lipinski definition) is 8. The third kappa shape index (κ3) is 4.36. The van der Waals surface area contributed by atoms with Gasteiger partial charge in [0.2, 0.25) is 11.9 Å². The summed E-state index contributed by atoms with van der Waals surface area (Å²) in [5.74, 6) is 0.972. The predicted molar refractivity (Wildman–Crippen MR) is 126 cm³/mol. The lowest BCUT2D eigenvalue weighted by molar-refractivity contribution is -0.118. The Kier molecular flexibility index (Phi) is 5.64. The van der Waals surface area contributed by atoms with Crippen LogP contribution in [0.2, 0.25) is 0 Å². The van der Waals surface area contributed by atoms with Gasteiger partial charge in [-0.1, -0.05) is 30.3 Å². The summed E-state index contributed by atoms with van der Waals surface area (Å²) in [6, 6.07) is 15.2. The number of aromatic nitrogens is 4. The number of amides is 1. The molecule has 1 unspecified atom stereocenters. The number of pyridine rings is 2. The van der Waals surface area contributed by atoms with Crippen molar-refractivity contribution in [1.82, 2.24) is 25.3 Å². The molecule has 9 heteroatoms. The zero-order valence-electron chi connectivity index (χ0n) is 18.1. The number of hydrogen-bond donors (Lipinski definition) is 3. The van der Waals surface area contributed by atoms with Crippen LogP contribution >= 0.6 is 0 Å². The number of aliphatic hydroxyl groups is 1. The molecule has 0 bridgehead atoms. The van der Waals surface area contributed by atoms with E-state index in [2.05, 4.69) is 25.6 Å². The lowest BCUT2D eigenvalue weighted by Crippen LogP contribution is -2.48. The Morgan fingerprint density at radius 1 is 1.09 bits per heavy atom. The van der Waals surface area contributed by atoms with E-state index < -0.39 is 6.10 Å². The van der Waals surface area contributed by atoms with Crippen molar-refractivity contribution in [2.45, 2.75) is 13.0 Å². The number of fused-ring (bicyclic) bond motifs is 1. The van der Waals surface area contributed by atoms with Crippen LogP contribution in [0.15, 0.2) is 60.9 Å². The van der Waals surface area contributed by atoms with Crippen LogP contribution in [-0.4, -0.2) is 50.6 Å². The summed E-state index contributed by atoms with van der Waals surface area (Å²) in [5, 5.41) is 17.1. The zero-order chi connectivity index (χ0) is 22.8. The van der Waals surface area contributed by atoms with Gasteiger partial charge in [-0.15, -0.1) is 0 Å². The largest absolute Gasteiger partial charge is 0.387 e. The third-order valence-corrected chi connectivity index (χ3v) is 5.45. The zero-order valence-corrected chi connectivity index (χ0v) is 18.1. The van der Waals surface area contributed by atoms with E-state index in [1.807, 2.05) is 36.4 Å². The lowest BCUT2D eigenvalue weighted by Gasteiger charge is -2.27. The summed E-state index contributed by atoms with van der Waals surface area (Å²) >= 11 is 0. The van der Waals surface area contributed by atoms with Crippen LogP contribution in [0.4, 0.5) is 17.5 Å². The number of aliphatic hydroxyl groups excluding tert-OH is 1. The van der Waals surface area contributed by atoms with Crippen LogP contribution in [-0.2, 0) is 4.79 Å². The molecule has 5 rings (SSSR count). The van der Waals surface area contributed by atoms with Crippen LogP contribution in [0, 0.1) is 0 Å². The fourth-order valence-electron chi connectivity index (χ4n) is 3.75. The van der Waals surface area contributed by atoms with E-state index in [4.69, 9.17) is 4.98 Å². The maximum absolute atomic E-state index is 12.1. The summed E-state index contributed by atoms with van der Waals surface area (Å²) in [7, 11) is 0. The number of rotatable bonds is 5. The van der Waals surface area contributed by atoms with Gasteiger partial charge in [-0.05, 0) is 25.1 Å². The van der Waals surface area contributed by atoms with Crippen molar-refractivity contribution < 1.29 is 9.90 Å². The molecular formula is C24H23N7O2. The fraction of sp³-hybridized carbons (Fsp3) is 0.208. The fourth-order valence-corrected chi connectivity index (χ4v) is 3.75. The minimum absolute atomic E-state index is 0.0270. The van der Waals surface area contributed by atoms with Gasteiger partial charge in [0, 0.05) is 30.2 Å². The Balaban J connectivity index is 1.47. The quantitative estimate of drug-likeness (QED) is 0.433. The van der Waals surface area contributed by atoms with Gasteiger partial charge in [-0.3, -0.25) is 4.79 Å². The maximum Gasteiger partial charge on any atom is 0.241 e. The van der Waals surface area contributed by atoms with Gasteiger partial charge >= 0.3 is 0 Å². The summed E-state index contributed by atoms with van der Waals surface area (Å²) < 4.78 is 0. The summed E-state index contributed by atoms with van der Waals surface area (Å²) in [6.45, 7) is 3.39. The normalized spacial score (nSPS) is 15.0. The summed E-state index contributed by atoms with van der Waals surface area (Å²) in [4.78, 5) is 32.0. The SMILES string of the molecule is CC(O)c1cc2cnc(Nc3ccc(N4CCNCC4=O)cn3)nc2c(-c2ccccc2)n1. The molecule has 1 amide bonds. The van der Waals surface area contributed by atoms with Crippen molar-refractivity contribution in [3.63, 3.8) is 0 Å². The monoisotopic (exact) mass is 441 g/mol.